The van der Waals surface area contributed by atoms with E-state index in [4.69, 9.17) is 0 Å². The maximum absolute atomic E-state index is 12.6. The van der Waals surface area contributed by atoms with E-state index >= 15 is 0 Å². The summed E-state index contributed by atoms with van der Waals surface area (Å²) < 4.78 is 0.741. The van der Waals surface area contributed by atoms with Crippen LogP contribution in [0.25, 0.3) is 0 Å². The highest BCUT2D eigenvalue weighted by molar-refractivity contribution is 9.10. The summed E-state index contributed by atoms with van der Waals surface area (Å²) >= 11 is 3.39. The number of nitrogens with zero attached hydrogens (tertiary/aromatic N) is 1. The van der Waals surface area contributed by atoms with E-state index in [9.17, 15) is 4.79 Å². The van der Waals surface area contributed by atoms with Crippen LogP contribution in [0, 0.1) is 23.2 Å². The van der Waals surface area contributed by atoms with Gasteiger partial charge in [0.25, 0.3) is 5.91 Å². The second kappa shape index (κ2) is 5.36. The molecule has 5 heteroatoms. The number of hydrogen-bond donors (Lipinski definition) is 2. The maximum Gasteiger partial charge on any atom is 0.270 e. The van der Waals surface area contributed by atoms with E-state index in [0.29, 0.717) is 17.2 Å². The fourth-order valence-electron chi connectivity index (χ4n) is 5.95. The van der Waals surface area contributed by atoms with Gasteiger partial charge in [-0.2, -0.15) is 5.10 Å². The second-order valence-corrected chi connectivity index (χ2v) is 8.66. The number of hydrogen-bond acceptors (Lipinski definition) is 2. The average Bonchev–Trinajstić information content (AvgIpc) is 2.89. The van der Waals surface area contributed by atoms with Crippen LogP contribution in [0.4, 0.5) is 0 Å². The fourth-order valence-corrected chi connectivity index (χ4v) is 6.32. The van der Waals surface area contributed by atoms with Crippen molar-refractivity contribution in [2.75, 3.05) is 0 Å². The van der Waals surface area contributed by atoms with E-state index in [1.807, 2.05) is 0 Å². The number of carbonyl (C=O) groups excluding carboxylic acids is 1. The summed E-state index contributed by atoms with van der Waals surface area (Å²) in [6.07, 6.45) is 10.9. The zero-order chi connectivity index (χ0) is 15.3. The topological polar surface area (TPSA) is 57.8 Å². The molecule has 4 aliphatic carbocycles. The molecule has 22 heavy (non-hydrogen) atoms. The van der Waals surface area contributed by atoms with Crippen molar-refractivity contribution < 1.29 is 4.79 Å². The van der Waals surface area contributed by atoms with Crippen LogP contribution in [0.1, 0.15) is 62.4 Å². The molecule has 1 aromatic rings. The van der Waals surface area contributed by atoms with Crippen molar-refractivity contribution in [3.05, 3.63) is 16.4 Å². The largest absolute Gasteiger partial charge is 0.347 e. The molecule has 0 spiro atoms. The number of carbonyl (C=O) groups is 1. The molecule has 4 fully saturated rings. The van der Waals surface area contributed by atoms with Gasteiger partial charge in [0.2, 0.25) is 0 Å². The van der Waals surface area contributed by atoms with Gasteiger partial charge in [-0.25, -0.2) is 0 Å². The third kappa shape index (κ3) is 2.32. The summed E-state index contributed by atoms with van der Waals surface area (Å²) in [5, 5.41) is 10.1. The van der Waals surface area contributed by atoms with Gasteiger partial charge in [-0.1, -0.05) is 6.92 Å². The van der Waals surface area contributed by atoms with E-state index < -0.39 is 0 Å². The predicted molar refractivity (Wildman–Crippen MR) is 88.4 cm³/mol. The molecule has 0 aliphatic heterocycles. The molecule has 0 aromatic carbocycles. The SMILES string of the molecule is CCC(NC(=O)c1[nH]ncc1Br)C12CC3CC(CC(C3)C1)C2. The molecule has 4 nitrogen and oxygen atoms in total. The Morgan fingerprint density at radius 1 is 1.36 bits per heavy atom. The van der Waals surface area contributed by atoms with Crippen molar-refractivity contribution in [3.8, 4) is 0 Å². The summed E-state index contributed by atoms with van der Waals surface area (Å²) in [5.41, 5.74) is 0.897. The Morgan fingerprint density at radius 3 is 2.41 bits per heavy atom. The van der Waals surface area contributed by atoms with Crippen LogP contribution in [0.2, 0.25) is 0 Å². The summed E-state index contributed by atoms with van der Waals surface area (Å²) in [4.78, 5) is 12.6. The van der Waals surface area contributed by atoms with Crippen molar-refractivity contribution in [2.45, 2.75) is 57.9 Å². The van der Waals surface area contributed by atoms with E-state index in [2.05, 4.69) is 38.4 Å². The Morgan fingerprint density at radius 2 is 1.95 bits per heavy atom. The Bertz CT molecular complexity index is 547. The summed E-state index contributed by atoms with van der Waals surface area (Å²) in [7, 11) is 0. The summed E-state index contributed by atoms with van der Waals surface area (Å²) in [5.74, 6) is 2.72. The molecule has 120 valence electrons. The van der Waals surface area contributed by atoms with Crippen molar-refractivity contribution in [3.63, 3.8) is 0 Å². The van der Waals surface area contributed by atoms with Crippen molar-refractivity contribution in [2.24, 2.45) is 23.2 Å². The first-order valence-corrected chi connectivity index (χ1v) is 9.38. The van der Waals surface area contributed by atoms with E-state index in [1.54, 1.807) is 6.20 Å². The molecule has 4 aliphatic rings. The highest BCUT2D eigenvalue weighted by Gasteiger charge is 2.54. The van der Waals surface area contributed by atoms with Gasteiger partial charge >= 0.3 is 0 Å². The number of aromatic amines is 1. The van der Waals surface area contributed by atoms with E-state index in [-0.39, 0.29) is 5.91 Å². The number of aromatic nitrogens is 2. The minimum Gasteiger partial charge on any atom is -0.347 e. The summed E-state index contributed by atoms with van der Waals surface area (Å²) in [6, 6.07) is 0.295. The molecule has 2 N–H and O–H groups in total. The molecule has 0 saturated heterocycles. The van der Waals surface area contributed by atoms with Crippen molar-refractivity contribution in [1.29, 1.82) is 0 Å². The van der Waals surface area contributed by atoms with E-state index in [1.165, 1.54) is 38.5 Å². The highest BCUT2D eigenvalue weighted by atomic mass is 79.9. The first-order valence-electron chi connectivity index (χ1n) is 8.59. The second-order valence-electron chi connectivity index (χ2n) is 7.81. The molecule has 1 unspecified atom stereocenters. The Labute approximate surface area is 139 Å². The molecular weight excluding hydrogens is 342 g/mol. The standard InChI is InChI=1S/C17H24BrN3O/c1-2-14(20-16(22)15-13(18)9-19-21-15)17-6-10-3-11(7-17)5-12(4-10)8-17/h9-12,14H,2-8H2,1H3,(H,19,21)(H,20,22). The van der Waals surface area contributed by atoms with Crippen LogP contribution in [-0.4, -0.2) is 22.1 Å². The molecule has 1 aromatic heterocycles. The third-order valence-corrected chi connectivity index (χ3v) is 6.96. The van der Waals surface area contributed by atoms with Gasteiger partial charge in [0.1, 0.15) is 5.69 Å². The van der Waals surface area contributed by atoms with Gasteiger partial charge in [-0.05, 0) is 84.0 Å². The number of rotatable bonds is 4. The van der Waals surface area contributed by atoms with Gasteiger partial charge in [0.15, 0.2) is 0 Å². The molecule has 4 bridgehead atoms. The zero-order valence-corrected chi connectivity index (χ0v) is 14.7. The van der Waals surface area contributed by atoms with Crippen LogP contribution < -0.4 is 5.32 Å². The average molecular weight is 366 g/mol. The molecule has 1 heterocycles. The third-order valence-electron chi connectivity index (χ3n) is 6.36. The van der Waals surface area contributed by atoms with Gasteiger partial charge in [-0.15, -0.1) is 0 Å². The van der Waals surface area contributed by atoms with Gasteiger partial charge < -0.3 is 5.32 Å². The monoisotopic (exact) mass is 365 g/mol. The zero-order valence-electron chi connectivity index (χ0n) is 13.1. The lowest BCUT2D eigenvalue weighted by Crippen LogP contribution is -2.56. The minimum atomic E-state index is -0.0213. The van der Waals surface area contributed by atoms with Crippen molar-refractivity contribution >= 4 is 21.8 Å². The number of halogens is 1. The van der Waals surface area contributed by atoms with E-state index in [0.717, 1.165) is 28.6 Å². The van der Waals surface area contributed by atoms with Crippen molar-refractivity contribution in [1.82, 2.24) is 15.5 Å². The predicted octanol–water partition coefficient (Wildman–Crippen LogP) is 3.90. The quantitative estimate of drug-likeness (QED) is 0.849. The van der Waals surface area contributed by atoms with Gasteiger partial charge in [-0.3, -0.25) is 9.89 Å². The molecule has 0 radical (unpaired) electrons. The Kier molecular flexibility index (Phi) is 3.59. The first-order chi connectivity index (χ1) is 10.6. The Balaban J connectivity index is 1.55. The van der Waals surface area contributed by atoms with Gasteiger partial charge in [0, 0.05) is 6.04 Å². The normalized spacial score (nSPS) is 37.3. The van der Waals surface area contributed by atoms with Crippen LogP contribution in [0.3, 0.4) is 0 Å². The number of nitrogens with one attached hydrogen (secondary N) is 2. The lowest BCUT2D eigenvalue weighted by atomic mass is 9.47. The van der Waals surface area contributed by atoms with Crippen LogP contribution in [-0.2, 0) is 0 Å². The lowest BCUT2D eigenvalue weighted by molar-refractivity contribution is -0.0727. The molecule has 1 atom stereocenters. The summed E-state index contributed by atoms with van der Waals surface area (Å²) in [6.45, 7) is 2.21. The maximum atomic E-state index is 12.6. The molecular formula is C17H24BrN3O. The van der Waals surface area contributed by atoms with Crippen LogP contribution in [0.15, 0.2) is 10.7 Å². The number of amides is 1. The molecule has 1 amide bonds. The molecule has 4 saturated carbocycles. The first kappa shape index (κ1) is 14.7. The van der Waals surface area contributed by atoms with Gasteiger partial charge in [0.05, 0.1) is 10.7 Å². The van der Waals surface area contributed by atoms with Crippen LogP contribution in [0.5, 0.6) is 0 Å². The fraction of sp³-hybridized carbons (Fsp3) is 0.765. The van der Waals surface area contributed by atoms with Crippen LogP contribution >= 0.6 is 15.9 Å². The highest BCUT2D eigenvalue weighted by Crippen LogP contribution is 2.61. The Hall–Kier alpha value is -0.840. The smallest absolute Gasteiger partial charge is 0.270 e. The minimum absolute atomic E-state index is 0.0213. The number of H-pyrrole nitrogens is 1. The molecule has 5 rings (SSSR count). The lowest BCUT2D eigenvalue weighted by Gasteiger charge is -2.59.